The zero-order valence-electron chi connectivity index (χ0n) is 19.7. The van der Waals surface area contributed by atoms with Gasteiger partial charge in [0, 0.05) is 42.3 Å². The Hall–Kier alpha value is -2.07. The van der Waals surface area contributed by atoms with E-state index in [4.69, 9.17) is 0 Å². The Labute approximate surface area is 192 Å². The fourth-order valence-corrected chi connectivity index (χ4v) is 7.36. The number of piperidine rings is 3. The summed E-state index contributed by atoms with van der Waals surface area (Å²) in [4.78, 5) is 18.8. The Balaban J connectivity index is 1.28. The van der Waals surface area contributed by atoms with Crippen LogP contribution in [0.4, 0.5) is 0 Å². The molecule has 6 rings (SSSR count). The van der Waals surface area contributed by atoms with Crippen LogP contribution in [0.25, 0.3) is 10.9 Å². The molecular formula is C28H37N3O. The molecule has 4 nitrogen and oxygen atoms in total. The highest BCUT2D eigenvalue weighted by molar-refractivity contribution is 5.89. The molecule has 1 aliphatic carbocycles. The van der Waals surface area contributed by atoms with Crippen molar-refractivity contribution in [2.45, 2.75) is 76.9 Å². The molecule has 4 aliphatic rings. The fourth-order valence-electron chi connectivity index (χ4n) is 7.36. The van der Waals surface area contributed by atoms with Crippen LogP contribution in [-0.2, 0) is 11.2 Å². The van der Waals surface area contributed by atoms with E-state index in [1.807, 2.05) is 0 Å². The molecule has 1 aromatic heterocycles. The number of likely N-dealkylation sites (tertiary alicyclic amines) is 1. The average Bonchev–Trinajstić information content (AvgIpc) is 3.17. The first kappa shape index (κ1) is 20.5. The van der Waals surface area contributed by atoms with Gasteiger partial charge in [-0.1, -0.05) is 36.3 Å². The molecule has 3 aliphatic heterocycles. The van der Waals surface area contributed by atoms with Crippen molar-refractivity contribution in [1.82, 2.24) is 14.4 Å². The summed E-state index contributed by atoms with van der Waals surface area (Å²) >= 11 is 0. The number of para-hydroxylation sites is 1. The molecule has 0 spiro atoms. The smallest absolute Gasteiger partial charge is 0.227 e. The van der Waals surface area contributed by atoms with Crippen LogP contribution in [0.3, 0.4) is 0 Å². The van der Waals surface area contributed by atoms with Crippen molar-refractivity contribution in [3.63, 3.8) is 0 Å². The first-order valence-electron chi connectivity index (χ1n) is 12.9. The Morgan fingerprint density at radius 1 is 1.12 bits per heavy atom. The van der Waals surface area contributed by atoms with Crippen LogP contribution in [0, 0.1) is 11.8 Å². The topological polar surface area (TPSA) is 28.5 Å². The zero-order chi connectivity index (χ0) is 21.8. The maximum Gasteiger partial charge on any atom is 0.227 e. The molecule has 0 N–H and O–H groups in total. The van der Waals surface area contributed by atoms with Crippen molar-refractivity contribution < 1.29 is 4.79 Å². The SMILES string of the molecule is CC(C)n1cc(CC(=O)N2CCCC3=C[C@H]4C[C@H](CN5CCCC[C@@H]45)[C@@H]32)c2ccccc21. The second-order valence-electron chi connectivity index (χ2n) is 10.9. The minimum Gasteiger partial charge on any atom is -0.345 e. The van der Waals surface area contributed by atoms with Crippen LogP contribution in [0.5, 0.6) is 0 Å². The summed E-state index contributed by atoms with van der Waals surface area (Å²) in [6.45, 7) is 7.81. The molecule has 4 atom stereocenters. The first-order chi connectivity index (χ1) is 15.6. The number of hydrogen-bond donors (Lipinski definition) is 0. The van der Waals surface area contributed by atoms with Gasteiger partial charge in [-0.3, -0.25) is 9.69 Å². The number of carbonyl (C=O) groups is 1. The van der Waals surface area contributed by atoms with E-state index in [2.05, 4.69) is 64.8 Å². The number of fused-ring (bicyclic) bond motifs is 7. The van der Waals surface area contributed by atoms with E-state index < -0.39 is 0 Å². The predicted molar refractivity (Wildman–Crippen MR) is 130 cm³/mol. The maximum absolute atomic E-state index is 13.8. The molecule has 1 aromatic carbocycles. The van der Waals surface area contributed by atoms with Gasteiger partial charge in [-0.25, -0.2) is 0 Å². The van der Waals surface area contributed by atoms with Crippen LogP contribution >= 0.6 is 0 Å². The van der Waals surface area contributed by atoms with Gasteiger partial charge in [0.05, 0.1) is 12.5 Å². The van der Waals surface area contributed by atoms with E-state index in [9.17, 15) is 4.79 Å². The van der Waals surface area contributed by atoms with E-state index in [-0.39, 0.29) is 0 Å². The van der Waals surface area contributed by atoms with Crippen LogP contribution in [-0.4, -0.2) is 52.0 Å². The second kappa shape index (κ2) is 8.06. The molecule has 2 bridgehead atoms. The quantitative estimate of drug-likeness (QED) is 0.626. The highest BCUT2D eigenvalue weighted by atomic mass is 16.2. The van der Waals surface area contributed by atoms with Gasteiger partial charge in [0.25, 0.3) is 0 Å². The van der Waals surface area contributed by atoms with Gasteiger partial charge in [0.15, 0.2) is 0 Å². The Morgan fingerprint density at radius 3 is 2.88 bits per heavy atom. The van der Waals surface area contributed by atoms with Gasteiger partial charge in [0.2, 0.25) is 5.91 Å². The van der Waals surface area contributed by atoms with Gasteiger partial charge in [0.1, 0.15) is 0 Å². The summed E-state index contributed by atoms with van der Waals surface area (Å²) in [5.41, 5.74) is 4.01. The average molecular weight is 432 g/mol. The first-order valence-corrected chi connectivity index (χ1v) is 12.9. The third kappa shape index (κ3) is 3.34. The summed E-state index contributed by atoms with van der Waals surface area (Å²) in [6.07, 6.45) is 13.1. The molecule has 0 radical (unpaired) electrons. The normalized spacial score (nSPS) is 30.2. The third-order valence-corrected chi connectivity index (χ3v) is 8.70. The number of nitrogens with zero attached hydrogens (tertiary/aromatic N) is 3. The van der Waals surface area contributed by atoms with E-state index >= 15 is 0 Å². The van der Waals surface area contributed by atoms with Crippen molar-refractivity contribution in [3.05, 3.63) is 47.7 Å². The lowest BCUT2D eigenvalue weighted by atomic mass is 9.68. The summed E-state index contributed by atoms with van der Waals surface area (Å²) in [5, 5.41) is 1.24. The van der Waals surface area contributed by atoms with Crippen molar-refractivity contribution in [2.75, 3.05) is 19.6 Å². The third-order valence-electron chi connectivity index (χ3n) is 8.70. The van der Waals surface area contributed by atoms with Crippen molar-refractivity contribution >= 4 is 16.8 Å². The van der Waals surface area contributed by atoms with E-state index in [1.54, 1.807) is 5.57 Å². The minimum absolute atomic E-state index is 0.325. The summed E-state index contributed by atoms with van der Waals surface area (Å²) < 4.78 is 2.32. The van der Waals surface area contributed by atoms with Gasteiger partial charge >= 0.3 is 0 Å². The Bertz CT molecular complexity index is 1050. The molecule has 2 aromatic rings. The molecule has 4 heteroatoms. The van der Waals surface area contributed by atoms with E-state index in [0.717, 1.165) is 24.9 Å². The lowest BCUT2D eigenvalue weighted by Gasteiger charge is -2.54. The Morgan fingerprint density at radius 2 is 2.00 bits per heavy atom. The monoisotopic (exact) mass is 431 g/mol. The molecule has 170 valence electrons. The molecule has 32 heavy (non-hydrogen) atoms. The van der Waals surface area contributed by atoms with Crippen molar-refractivity contribution in [2.24, 2.45) is 11.8 Å². The lowest BCUT2D eigenvalue weighted by Crippen LogP contribution is -2.60. The predicted octanol–water partition coefficient (Wildman–Crippen LogP) is 5.19. The highest BCUT2D eigenvalue weighted by Gasteiger charge is 2.46. The Kier molecular flexibility index (Phi) is 5.17. The summed E-state index contributed by atoms with van der Waals surface area (Å²) in [5.74, 6) is 1.67. The molecular weight excluding hydrogens is 394 g/mol. The molecule has 4 heterocycles. The van der Waals surface area contributed by atoms with E-state index in [1.165, 1.54) is 61.7 Å². The maximum atomic E-state index is 13.8. The van der Waals surface area contributed by atoms with Gasteiger partial charge in [-0.15, -0.1) is 0 Å². The van der Waals surface area contributed by atoms with Gasteiger partial charge in [-0.05, 0) is 76.0 Å². The second-order valence-corrected chi connectivity index (χ2v) is 10.9. The zero-order valence-corrected chi connectivity index (χ0v) is 19.7. The number of hydrogen-bond acceptors (Lipinski definition) is 2. The molecule has 3 fully saturated rings. The number of amides is 1. The van der Waals surface area contributed by atoms with Crippen molar-refractivity contribution in [3.8, 4) is 0 Å². The van der Waals surface area contributed by atoms with Gasteiger partial charge in [-0.2, -0.15) is 0 Å². The van der Waals surface area contributed by atoms with Crippen molar-refractivity contribution in [1.29, 1.82) is 0 Å². The number of carbonyl (C=O) groups excluding carboxylic acids is 1. The van der Waals surface area contributed by atoms with E-state index in [0.29, 0.717) is 30.3 Å². The molecule has 0 saturated carbocycles. The fraction of sp³-hybridized carbons (Fsp3) is 0.607. The summed E-state index contributed by atoms with van der Waals surface area (Å²) in [6, 6.07) is 10.1. The molecule has 0 unspecified atom stereocenters. The summed E-state index contributed by atoms with van der Waals surface area (Å²) in [7, 11) is 0. The van der Waals surface area contributed by atoms with Crippen LogP contribution < -0.4 is 0 Å². The lowest BCUT2D eigenvalue weighted by molar-refractivity contribution is -0.135. The van der Waals surface area contributed by atoms with Crippen LogP contribution in [0.1, 0.15) is 64.0 Å². The number of aromatic nitrogens is 1. The highest BCUT2D eigenvalue weighted by Crippen LogP contribution is 2.45. The molecule has 1 amide bonds. The van der Waals surface area contributed by atoms with Crippen LogP contribution in [0.2, 0.25) is 0 Å². The number of benzene rings is 1. The van der Waals surface area contributed by atoms with Crippen LogP contribution in [0.15, 0.2) is 42.1 Å². The van der Waals surface area contributed by atoms with Gasteiger partial charge < -0.3 is 9.47 Å². The number of rotatable bonds is 3. The standard InChI is InChI=1S/C28H37N3O/c1-19(2)31-18-22(24-9-3-4-11-26(24)31)16-27(32)30-13-7-8-20-14-21-15-23(28(20)30)17-29-12-6-5-10-25(21)29/h3-4,9,11,14,18-19,21,23,25,28H,5-8,10,12-13,15-17H2,1-2H3/t21-,23+,25-,28+/m0/s1. The largest absolute Gasteiger partial charge is 0.345 e. The minimum atomic E-state index is 0.325. The molecule has 3 saturated heterocycles.